The van der Waals surface area contributed by atoms with Crippen molar-refractivity contribution < 1.29 is 27.5 Å². The van der Waals surface area contributed by atoms with Crippen LogP contribution in [0.5, 0.6) is 0 Å². The van der Waals surface area contributed by atoms with Crippen LogP contribution in [0, 0.1) is 5.82 Å². The third-order valence-electron chi connectivity index (χ3n) is 6.10. The number of fused-ring (bicyclic) bond motifs is 1. The molecule has 0 radical (unpaired) electrons. The zero-order chi connectivity index (χ0) is 27.1. The molecule has 11 nitrogen and oxygen atoms in total. The van der Waals surface area contributed by atoms with E-state index in [4.69, 9.17) is 17.3 Å². The fourth-order valence-corrected chi connectivity index (χ4v) is 5.82. The molecule has 196 valence electrons. The smallest absolute Gasteiger partial charge is 0.326 e. The number of benzene rings is 1. The van der Waals surface area contributed by atoms with Crippen LogP contribution in [-0.4, -0.2) is 73.0 Å². The second-order valence-corrected chi connectivity index (χ2v) is 10.9. The SMILES string of the molecule is CN(C)c1ncc(S(=O)(=O)NC2CCN(C(Cc3cc4ccnc(N)c4cc3F)C(=O)O)C2=O)cc1Cl. The maximum atomic E-state index is 14.8. The Balaban J connectivity index is 1.54. The van der Waals surface area contributed by atoms with Crippen molar-refractivity contribution in [1.29, 1.82) is 0 Å². The molecule has 3 aromatic rings. The molecule has 1 fully saturated rings. The van der Waals surface area contributed by atoms with Gasteiger partial charge in [-0.2, -0.15) is 4.72 Å². The van der Waals surface area contributed by atoms with Crippen LogP contribution in [0.2, 0.25) is 5.02 Å². The molecule has 1 aliphatic rings. The lowest BCUT2D eigenvalue weighted by atomic mass is 10.0. The lowest BCUT2D eigenvalue weighted by molar-refractivity contribution is -0.148. The number of pyridine rings is 2. The van der Waals surface area contributed by atoms with Crippen LogP contribution in [0.15, 0.2) is 41.6 Å². The van der Waals surface area contributed by atoms with Crippen molar-refractivity contribution in [2.45, 2.75) is 29.8 Å². The van der Waals surface area contributed by atoms with Gasteiger partial charge in [0.1, 0.15) is 34.4 Å². The van der Waals surface area contributed by atoms with Gasteiger partial charge in [0.2, 0.25) is 15.9 Å². The van der Waals surface area contributed by atoms with E-state index in [0.29, 0.717) is 16.6 Å². The van der Waals surface area contributed by atoms with Crippen LogP contribution in [0.1, 0.15) is 12.0 Å². The Morgan fingerprint density at radius 3 is 2.73 bits per heavy atom. The highest BCUT2D eigenvalue weighted by Gasteiger charge is 2.41. The Bertz CT molecular complexity index is 1500. The van der Waals surface area contributed by atoms with Crippen molar-refractivity contribution in [3.63, 3.8) is 0 Å². The third-order valence-corrected chi connectivity index (χ3v) is 7.82. The number of likely N-dealkylation sites (tertiary alicyclic amines) is 1. The maximum absolute atomic E-state index is 14.8. The van der Waals surface area contributed by atoms with Crippen molar-refractivity contribution in [3.8, 4) is 0 Å². The van der Waals surface area contributed by atoms with Crippen molar-refractivity contribution in [1.82, 2.24) is 19.6 Å². The number of hydrogen-bond acceptors (Lipinski definition) is 8. The topological polar surface area (TPSA) is 159 Å². The number of nitrogens with two attached hydrogens (primary N) is 1. The fourth-order valence-electron chi connectivity index (χ4n) is 4.23. The summed E-state index contributed by atoms with van der Waals surface area (Å²) in [6.07, 6.45) is 2.27. The standard InChI is InChI=1S/C23H24ClFN6O5S/c1-30(2)21-16(24)9-14(11-28-21)37(35,36)29-18-4-6-31(22(18)32)19(23(33)34)8-13-7-12-3-5-27-20(26)15(12)10-17(13)25/h3,5,7,9-11,18-19,29H,4,6,8H2,1-2H3,(H2,26,27)(H,33,34). The Morgan fingerprint density at radius 1 is 1.35 bits per heavy atom. The number of anilines is 2. The molecule has 1 aliphatic heterocycles. The van der Waals surface area contributed by atoms with E-state index in [1.165, 1.54) is 24.4 Å². The number of halogens is 2. The summed E-state index contributed by atoms with van der Waals surface area (Å²) < 4.78 is 42.9. The number of carbonyl (C=O) groups excluding carboxylic acids is 1. The fraction of sp³-hybridized carbons (Fsp3) is 0.304. The van der Waals surface area contributed by atoms with Crippen LogP contribution >= 0.6 is 11.6 Å². The zero-order valence-electron chi connectivity index (χ0n) is 19.9. The van der Waals surface area contributed by atoms with Gasteiger partial charge in [0.05, 0.1) is 5.02 Å². The number of nitrogens with one attached hydrogen (secondary N) is 1. The van der Waals surface area contributed by atoms with E-state index >= 15 is 0 Å². The first kappa shape index (κ1) is 26.5. The van der Waals surface area contributed by atoms with Crippen LogP contribution < -0.4 is 15.4 Å². The lowest BCUT2D eigenvalue weighted by Crippen LogP contribution is -2.48. The van der Waals surface area contributed by atoms with Crippen molar-refractivity contribution in [2.24, 2.45) is 0 Å². The number of aliphatic carboxylic acids is 1. The van der Waals surface area contributed by atoms with Gasteiger partial charge >= 0.3 is 5.97 Å². The summed E-state index contributed by atoms with van der Waals surface area (Å²) in [5.41, 5.74) is 5.86. The molecule has 0 spiro atoms. The number of hydrogen-bond donors (Lipinski definition) is 3. The molecule has 2 atom stereocenters. The van der Waals surface area contributed by atoms with E-state index in [1.807, 2.05) is 0 Å². The number of nitrogens with zero attached hydrogens (tertiary/aromatic N) is 4. The number of aromatic nitrogens is 2. The first-order valence-electron chi connectivity index (χ1n) is 11.1. The first-order chi connectivity index (χ1) is 17.4. The monoisotopic (exact) mass is 550 g/mol. The molecular formula is C23H24ClFN6O5S. The average molecular weight is 551 g/mol. The molecule has 2 aromatic heterocycles. The first-order valence-corrected chi connectivity index (χ1v) is 13.0. The predicted octanol–water partition coefficient (Wildman–Crippen LogP) is 1.65. The molecule has 4 N–H and O–H groups in total. The highest BCUT2D eigenvalue weighted by Crippen LogP contribution is 2.27. The molecule has 0 aliphatic carbocycles. The Morgan fingerprint density at radius 2 is 2.08 bits per heavy atom. The zero-order valence-corrected chi connectivity index (χ0v) is 21.4. The van der Waals surface area contributed by atoms with Crippen molar-refractivity contribution >= 4 is 55.9 Å². The van der Waals surface area contributed by atoms with E-state index < -0.39 is 39.8 Å². The summed E-state index contributed by atoms with van der Waals surface area (Å²) in [5, 5.41) is 10.9. The van der Waals surface area contributed by atoms with Gasteiger partial charge in [-0.25, -0.2) is 27.6 Å². The van der Waals surface area contributed by atoms with E-state index in [1.54, 1.807) is 25.1 Å². The summed E-state index contributed by atoms with van der Waals surface area (Å²) in [6, 6.07) is 2.86. The second kappa shape index (κ2) is 10.1. The average Bonchev–Trinajstić information content (AvgIpc) is 3.16. The minimum Gasteiger partial charge on any atom is -0.480 e. The number of amides is 1. The Labute approximate surface area is 217 Å². The maximum Gasteiger partial charge on any atom is 0.326 e. The summed E-state index contributed by atoms with van der Waals surface area (Å²) in [7, 11) is -0.801. The molecule has 1 amide bonds. The molecule has 0 bridgehead atoms. The van der Waals surface area contributed by atoms with E-state index in [-0.39, 0.29) is 40.7 Å². The number of rotatable bonds is 8. The highest BCUT2D eigenvalue weighted by molar-refractivity contribution is 7.89. The number of carboxylic acid groups (broad SMARTS) is 1. The highest BCUT2D eigenvalue weighted by atomic mass is 35.5. The molecule has 3 heterocycles. The molecule has 0 saturated carbocycles. The van der Waals surface area contributed by atoms with Crippen molar-refractivity contribution in [3.05, 3.63) is 53.1 Å². The number of carboxylic acids is 1. The van der Waals surface area contributed by atoms with Gasteiger partial charge in [-0.15, -0.1) is 0 Å². The number of carbonyl (C=O) groups is 2. The quantitative estimate of drug-likeness (QED) is 0.379. The van der Waals surface area contributed by atoms with E-state index in [9.17, 15) is 27.5 Å². The minimum atomic E-state index is -4.19. The summed E-state index contributed by atoms with van der Waals surface area (Å²) in [4.78, 5) is 35.5. The van der Waals surface area contributed by atoms with Gasteiger partial charge in [-0.05, 0) is 41.6 Å². The van der Waals surface area contributed by atoms with Gasteiger partial charge < -0.3 is 20.6 Å². The molecule has 14 heteroatoms. The summed E-state index contributed by atoms with van der Waals surface area (Å²) in [5.74, 6) is -2.26. The number of sulfonamides is 1. The lowest BCUT2D eigenvalue weighted by Gasteiger charge is -2.25. The summed E-state index contributed by atoms with van der Waals surface area (Å²) >= 11 is 6.13. The second-order valence-electron chi connectivity index (χ2n) is 8.78. The van der Waals surface area contributed by atoms with Crippen LogP contribution in [0.4, 0.5) is 16.0 Å². The minimum absolute atomic E-state index is 0.0290. The van der Waals surface area contributed by atoms with Crippen LogP contribution in [0.3, 0.4) is 0 Å². The van der Waals surface area contributed by atoms with E-state index in [0.717, 1.165) is 11.1 Å². The predicted molar refractivity (Wildman–Crippen MR) is 135 cm³/mol. The van der Waals surface area contributed by atoms with Crippen LogP contribution in [0.25, 0.3) is 10.8 Å². The normalized spacial score (nSPS) is 16.8. The van der Waals surface area contributed by atoms with E-state index in [2.05, 4.69) is 14.7 Å². The largest absolute Gasteiger partial charge is 0.480 e. The van der Waals surface area contributed by atoms with Gasteiger partial charge in [0, 0.05) is 44.8 Å². The summed E-state index contributed by atoms with van der Waals surface area (Å²) in [6.45, 7) is -0.0341. The molecule has 1 saturated heterocycles. The van der Waals surface area contributed by atoms with Gasteiger partial charge in [-0.1, -0.05) is 11.6 Å². The Hall–Kier alpha value is -3.55. The number of nitrogen functional groups attached to an aromatic ring is 1. The molecule has 37 heavy (non-hydrogen) atoms. The van der Waals surface area contributed by atoms with Gasteiger partial charge in [0.25, 0.3) is 0 Å². The molecule has 2 unspecified atom stereocenters. The van der Waals surface area contributed by atoms with Crippen molar-refractivity contribution in [2.75, 3.05) is 31.3 Å². The molecule has 4 rings (SSSR count). The van der Waals surface area contributed by atoms with Crippen LogP contribution in [-0.2, 0) is 26.0 Å². The molecular weight excluding hydrogens is 527 g/mol. The third kappa shape index (κ3) is 5.29. The Kier molecular flexibility index (Phi) is 7.22. The van der Waals surface area contributed by atoms with Gasteiger partial charge in [0.15, 0.2) is 0 Å². The molecule has 1 aromatic carbocycles. The van der Waals surface area contributed by atoms with Gasteiger partial charge in [-0.3, -0.25) is 4.79 Å².